The number of halogens is 1. The zero-order chi connectivity index (χ0) is 23.3. The summed E-state index contributed by atoms with van der Waals surface area (Å²) in [5, 5.41) is 5.72. The molecule has 1 aliphatic heterocycles. The molecular weight excluding hydrogens is 492 g/mol. The lowest BCUT2D eigenvalue weighted by Crippen LogP contribution is -2.40. The third-order valence-corrected chi connectivity index (χ3v) is 8.10. The second-order valence-electron chi connectivity index (χ2n) is 8.55. The fourth-order valence-electron chi connectivity index (χ4n) is 5.37. The SMILES string of the molecule is COc1ccc(OC)c(NC(=O)c2ccc(NC(=O)[C@@H]3[C@H]4C[C@H]5[C@H](OC(=O)[C@H]53)[C@@H]4Br)cc2)c1. The van der Waals surface area contributed by atoms with E-state index >= 15 is 0 Å². The molecule has 0 unspecified atom stereocenters. The van der Waals surface area contributed by atoms with Gasteiger partial charge < -0.3 is 24.8 Å². The number of rotatable bonds is 6. The van der Waals surface area contributed by atoms with Gasteiger partial charge in [-0.05, 0) is 48.7 Å². The standard InChI is InChI=1S/C24H23BrN2O6/c1-31-13-7-8-17(32-2)16(9-13)27-22(28)11-3-5-12(6-4-11)26-23(29)18-14-10-15-19(18)24(30)33-21(15)20(14)25/h3-9,14-15,18-21H,10H2,1-2H3,(H,26,29)(H,27,28)/t14-,15-,18-,19-,20-,21+/m1/s1. The van der Waals surface area contributed by atoms with Gasteiger partial charge in [0.25, 0.3) is 5.91 Å². The molecule has 2 aliphatic carbocycles. The first-order valence-corrected chi connectivity index (χ1v) is 11.6. The van der Waals surface area contributed by atoms with Crippen LogP contribution >= 0.6 is 15.9 Å². The van der Waals surface area contributed by atoms with Crippen molar-refractivity contribution < 1.29 is 28.6 Å². The Morgan fingerprint density at radius 3 is 2.48 bits per heavy atom. The van der Waals surface area contributed by atoms with Crippen molar-refractivity contribution in [1.82, 2.24) is 0 Å². The van der Waals surface area contributed by atoms with Gasteiger partial charge in [0.15, 0.2) is 0 Å². The van der Waals surface area contributed by atoms with Crippen LogP contribution in [0.3, 0.4) is 0 Å². The number of hydrogen-bond donors (Lipinski definition) is 2. The molecule has 1 heterocycles. The molecular formula is C24H23BrN2O6. The molecule has 2 N–H and O–H groups in total. The van der Waals surface area contributed by atoms with Gasteiger partial charge >= 0.3 is 5.97 Å². The van der Waals surface area contributed by atoms with E-state index in [2.05, 4.69) is 26.6 Å². The van der Waals surface area contributed by atoms with Crippen LogP contribution in [-0.4, -0.2) is 42.9 Å². The number of esters is 1. The number of methoxy groups -OCH3 is 2. The van der Waals surface area contributed by atoms with E-state index in [1.807, 2.05) is 0 Å². The molecule has 3 aliphatic rings. The molecule has 0 radical (unpaired) electrons. The fourth-order valence-corrected chi connectivity index (χ4v) is 6.41. The Kier molecular flexibility index (Phi) is 5.52. The number of hydrogen-bond acceptors (Lipinski definition) is 6. The number of amides is 2. The lowest BCUT2D eigenvalue weighted by Gasteiger charge is -2.27. The number of anilines is 2. The van der Waals surface area contributed by atoms with Crippen LogP contribution in [0.2, 0.25) is 0 Å². The molecule has 172 valence electrons. The molecule has 3 fully saturated rings. The predicted octanol–water partition coefficient (Wildman–Crippen LogP) is 3.47. The summed E-state index contributed by atoms with van der Waals surface area (Å²) in [7, 11) is 3.07. The average Bonchev–Trinajstić information content (AvgIpc) is 3.43. The van der Waals surface area contributed by atoms with Gasteiger partial charge in [-0.2, -0.15) is 0 Å². The van der Waals surface area contributed by atoms with Crippen LogP contribution < -0.4 is 20.1 Å². The van der Waals surface area contributed by atoms with Crippen LogP contribution in [0, 0.1) is 23.7 Å². The largest absolute Gasteiger partial charge is 0.497 e. The van der Waals surface area contributed by atoms with Crippen molar-refractivity contribution in [3.05, 3.63) is 48.0 Å². The van der Waals surface area contributed by atoms with E-state index in [9.17, 15) is 14.4 Å². The minimum absolute atomic E-state index is 0.0145. The third kappa shape index (κ3) is 3.64. The zero-order valence-electron chi connectivity index (χ0n) is 18.0. The molecule has 0 aromatic heterocycles. The summed E-state index contributed by atoms with van der Waals surface area (Å²) in [4.78, 5) is 38.0. The number of fused-ring (bicyclic) bond motifs is 1. The summed E-state index contributed by atoms with van der Waals surface area (Å²) in [6.07, 6.45) is 0.708. The van der Waals surface area contributed by atoms with Crippen molar-refractivity contribution in [2.75, 3.05) is 24.9 Å². The Hall–Kier alpha value is -3.07. The van der Waals surface area contributed by atoms with Crippen LogP contribution in [0.4, 0.5) is 11.4 Å². The molecule has 5 rings (SSSR count). The van der Waals surface area contributed by atoms with E-state index in [0.717, 1.165) is 6.42 Å². The van der Waals surface area contributed by atoms with Crippen molar-refractivity contribution in [2.45, 2.75) is 17.4 Å². The quantitative estimate of drug-likeness (QED) is 0.451. The van der Waals surface area contributed by atoms with Crippen LogP contribution in [-0.2, 0) is 14.3 Å². The maximum Gasteiger partial charge on any atom is 0.310 e. The van der Waals surface area contributed by atoms with Gasteiger partial charge in [-0.1, -0.05) is 15.9 Å². The molecule has 6 atom stereocenters. The maximum atomic E-state index is 13.0. The first kappa shape index (κ1) is 21.8. The molecule has 2 bridgehead atoms. The minimum Gasteiger partial charge on any atom is -0.497 e. The average molecular weight is 515 g/mol. The molecule has 8 nitrogen and oxygen atoms in total. The Morgan fingerprint density at radius 2 is 1.79 bits per heavy atom. The minimum atomic E-state index is -0.408. The highest BCUT2D eigenvalue weighted by Gasteiger charge is 2.67. The van der Waals surface area contributed by atoms with Gasteiger partial charge in [0, 0.05) is 23.2 Å². The topological polar surface area (TPSA) is 103 Å². The van der Waals surface area contributed by atoms with Crippen LogP contribution in [0.25, 0.3) is 0 Å². The van der Waals surface area contributed by atoms with Crippen molar-refractivity contribution >= 4 is 45.1 Å². The summed E-state index contributed by atoms with van der Waals surface area (Å²) in [6.45, 7) is 0. The number of carbonyl (C=O) groups is 3. The Morgan fingerprint density at radius 1 is 1.03 bits per heavy atom. The molecule has 0 spiro atoms. The molecule has 2 amide bonds. The van der Waals surface area contributed by atoms with Gasteiger partial charge in [0.1, 0.15) is 17.6 Å². The lowest BCUT2D eigenvalue weighted by atomic mass is 9.79. The van der Waals surface area contributed by atoms with E-state index < -0.39 is 5.92 Å². The predicted molar refractivity (Wildman–Crippen MR) is 124 cm³/mol. The van der Waals surface area contributed by atoms with Crippen LogP contribution in [0.1, 0.15) is 16.8 Å². The summed E-state index contributed by atoms with van der Waals surface area (Å²) >= 11 is 3.62. The normalized spacial score (nSPS) is 28.9. The number of alkyl halides is 1. The van der Waals surface area contributed by atoms with Crippen LogP contribution in [0.15, 0.2) is 42.5 Å². The van der Waals surface area contributed by atoms with E-state index in [1.165, 1.54) is 7.11 Å². The lowest BCUT2D eigenvalue weighted by molar-refractivity contribution is -0.145. The summed E-state index contributed by atoms with van der Waals surface area (Å²) in [5.74, 6) is -0.256. The zero-order valence-corrected chi connectivity index (χ0v) is 19.6. The van der Waals surface area contributed by atoms with Crippen molar-refractivity contribution in [3.8, 4) is 11.5 Å². The van der Waals surface area contributed by atoms with Gasteiger partial charge in [-0.15, -0.1) is 0 Å². The van der Waals surface area contributed by atoms with Crippen molar-refractivity contribution in [3.63, 3.8) is 0 Å². The second kappa shape index (κ2) is 8.37. The molecule has 9 heteroatoms. The Bertz CT molecular complexity index is 1120. The maximum absolute atomic E-state index is 13.0. The van der Waals surface area contributed by atoms with Gasteiger partial charge in [0.2, 0.25) is 5.91 Å². The van der Waals surface area contributed by atoms with Crippen molar-refractivity contribution in [1.29, 1.82) is 0 Å². The highest BCUT2D eigenvalue weighted by Crippen LogP contribution is 2.60. The van der Waals surface area contributed by atoms with E-state index in [1.54, 1.807) is 49.6 Å². The monoisotopic (exact) mass is 514 g/mol. The van der Waals surface area contributed by atoms with Gasteiger partial charge in [-0.3, -0.25) is 14.4 Å². The molecule has 1 saturated heterocycles. The molecule has 2 saturated carbocycles. The summed E-state index contributed by atoms with van der Waals surface area (Å²) < 4.78 is 16.0. The Labute approximate surface area is 199 Å². The number of ether oxygens (including phenoxy) is 3. The third-order valence-electron chi connectivity index (χ3n) is 6.90. The summed E-state index contributed by atoms with van der Waals surface area (Å²) in [5.41, 5.74) is 1.47. The van der Waals surface area contributed by atoms with Gasteiger partial charge in [0.05, 0.1) is 36.6 Å². The number of carbonyl (C=O) groups excluding carboxylic acids is 3. The Balaban J connectivity index is 1.26. The van der Waals surface area contributed by atoms with E-state index in [-0.39, 0.29) is 46.5 Å². The second-order valence-corrected chi connectivity index (χ2v) is 9.61. The molecule has 33 heavy (non-hydrogen) atoms. The smallest absolute Gasteiger partial charge is 0.310 e. The van der Waals surface area contributed by atoms with E-state index in [0.29, 0.717) is 28.4 Å². The molecule has 2 aromatic rings. The first-order valence-electron chi connectivity index (χ1n) is 10.7. The van der Waals surface area contributed by atoms with Crippen LogP contribution in [0.5, 0.6) is 11.5 Å². The number of benzene rings is 2. The highest BCUT2D eigenvalue weighted by atomic mass is 79.9. The van der Waals surface area contributed by atoms with Crippen molar-refractivity contribution in [2.24, 2.45) is 23.7 Å². The highest BCUT2D eigenvalue weighted by molar-refractivity contribution is 9.09. The molecule has 2 aromatic carbocycles. The fraction of sp³-hybridized carbons (Fsp3) is 0.375. The first-order chi connectivity index (χ1) is 15.9. The number of nitrogens with one attached hydrogen (secondary N) is 2. The summed E-state index contributed by atoms with van der Waals surface area (Å²) in [6, 6.07) is 11.7. The van der Waals surface area contributed by atoms with Gasteiger partial charge in [-0.25, -0.2) is 0 Å². The van der Waals surface area contributed by atoms with E-state index in [4.69, 9.17) is 14.2 Å².